The number of hydrogen-bond acceptors (Lipinski definition) is 4. The van der Waals surface area contributed by atoms with Crippen LogP contribution in [0.3, 0.4) is 0 Å². The molecule has 1 saturated heterocycles. The van der Waals surface area contributed by atoms with Gasteiger partial charge in [0.25, 0.3) is 6.23 Å². The third-order valence-electron chi connectivity index (χ3n) is 6.74. The number of nitrogens with zero attached hydrogens (tertiary/aromatic N) is 2. The lowest BCUT2D eigenvalue weighted by Crippen LogP contribution is -2.27. The molecule has 0 bridgehead atoms. The van der Waals surface area contributed by atoms with Crippen molar-refractivity contribution < 1.29 is 14.2 Å². The van der Waals surface area contributed by atoms with Crippen molar-refractivity contribution in [1.82, 2.24) is 0 Å². The molecular formula is C30H34N3O2+. The molecule has 2 N–H and O–H groups in total. The van der Waals surface area contributed by atoms with Crippen LogP contribution in [0.4, 0.5) is 5.69 Å². The molecule has 0 saturated carbocycles. The number of ether oxygens (including phenoxy) is 2. The Kier molecular flexibility index (Phi) is 7.36. The Bertz CT molecular complexity index is 1210. The van der Waals surface area contributed by atoms with E-state index in [1.165, 1.54) is 45.5 Å². The third kappa shape index (κ3) is 5.07. The van der Waals surface area contributed by atoms with Gasteiger partial charge in [-0.3, -0.25) is 0 Å². The molecule has 1 unspecified atom stereocenters. The van der Waals surface area contributed by atoms with E-state index >= 15 is 0 Å². The number of fused-ring (bicyclic) bond motifs is 1. The van der Waals surface area contributed by atoms with E-state index in [0.29, 0.717) is 19.7 Å². The zero-order chi connectivity index (χ0) is 24.0. The molecule has 0 spiro atoms. The first-order chi connectivity index (χ1) is 17.3. The summed E-state index contributed by atoms with van der Waals surface area (Å²) in [7, 11) is 0. The number of hydrogen-bond donors (Lipinski definition) is 1. The zero-order valence-corrected chi connectivity index (χ0v) is 20.5. The van der Waals surface area contributed by atoms with Crippen LogP contribution in [0.5, 0.6) is 5.75 Å². The van der Waals surface area contributed by atoms with E-state index in [0.717, 1.165) is 31.6 Å². The molecule has 0 amide bonds. The summed E-state index contributed by atoms with van der Waals surface area (Å²) in [6, 6.07) is 25.8. The normalized spacial score (nSPS) is 18.0. The quantitative estimate of drug-likeness (QED) is 0.302. The van der Waals surface area contributed by atoms with Crippen LogP contribution in [0.15, 0.2) is 77.9 Å². The van der Waals surface area contributed by atoms with Crippen LogP contribution in [0, 0.1) is 0 Å². The van der Waals surface area contributed by atoms with E-state index in [1.807, 2.05) is 12.1 Å². The second-order valence-corrected chi connectivity index (χ2v) is 9.04. The van der Waals surface area contributed by atoms with Gasteiger partial charge in [-0.1, -0.05) is 54.1 Å². The molecule has 5 heteroatoms. The predicted octanol–water partition coefficient (Wildman–Crippen LogP) is 6.53. The molecule has 5 nitrogen and oxygen atoms in total. The average molecular weight is 469 g/mol. The van der Waals surface area contributed by atoms with E-state index in [-0.39, 0.29) is 6.23 Å². The molecule has 0 radical (unpaired) electrons. The summed E-state index contributed by atoms with van der Waals surface area (Å²) >= 11 is 0. The number of rotatable bonds is 8. The summed E-state index contributed by atoms with van der Waals surface area (Å²) in [5, 5.41) is 4.83. The van der Waals surface area contributed by atoms with Gasteiger partial charge in [-0.05, 0) is 76.5 Å². The van der Waals surface area contributed by atoms with Gasteiger partial charge in [-0.25, -0.2) is 0 Å². The Labute approximate surface area is 207 Å². The monoisotopic (exact) mass is 468 g/mol. The van der Waals surface area contributed by atoms with Gasteiger partial charge >= 0.3 is 0 Å². The Morgan fingerprint density at radius 1 is 1.00 bits per heavy atom. The third-order valence-corrected chi connectivity index (χ3v) is 6.74. The van der Waals surface area contributed by atoms with Crippen molar-refractivity contribution in [1.29, 1.82) is 0 Å². The van der Waals surface area contributed by atoms with Crippen molar-refractivity contribution in [3.8, 4) is 5.75 Å². The highest BCUT2D eigenvalue weighted by Crippen LogP contribution is 2.39. The maximum Gasteiger partial charge on any atom is 0.288 e. The molecule has 3 aromatic rings. The first-order valence-corrected chi connectivity index (χ1v) is 12.7. The van der Waals surface area contributed by atoms with Crippen LogP contribution in [0.1, 0.15) is 54.9 Å². The Morgan fingerprint density at radius 3 is 2.51 bits per heavy atom. The highest BCUT2D eigenvalue weighted by molar-refractivity contribution is 5.98. The van der Waals surface area contributed by atoms with E-state index < -0.39 is 0 Å². The molecule has 35 heavy (non-hydrogen) atoms. The zero-order valence-electron chi connectivity index (χ0n) is 20.5. The fraction of sp³-hybridized carbons (Fsp3) is 0.333. The lowest BCUT2D eigenvalue weighted by Gasteiger charge is -2.18. The van der Waals surface area contributed by atoms with Crippen molar-refractivity contribution >= 4 is 16.8 Å². The van der Waals surface area contributed by atoms with Gasteiger partial charge in [-0.15, -0.1) is 0 Å². The van der Waals surface area contributed by atoms with Gasteiger partial charge in [0, 0.05) is 19.0 Å². The minimum atomic E-state index is 0.0578. The van der Waals surface area contributed by atoms with Crippen molar-refractivity contribution in [2.45, 2.75) is 45.4 Å². The largest absolute Gasteiger partial charge is 0.492 e. The molecule has 0 aromatic heterocycles. The molecule has 1 atom stereocenters. The summed E-state index contributed by atoms with van der Waals surface area (Å²) in [6.07, 6.45) is 4.34. The van der Waals surface area contributed by atoms with Gasteiger partial charge in [0.2, 0.25) is 5.69 Å². The number of allylic oxidation sites excluding steroid dienone is 1. The molecule has 3 aromatic carbocycles. The molecule has 0 aliphatic carbocycles. The van der Waals surface area contributed by atoms with Crippen molar-refractivity contribution in [3.05, 3.63) is 95.1 Å². The van der Waals surface area contributed by atoms with Gasteiger partial charge in [-0.2, -0.15) is 0 Å². The second kappa shape index (κ2) is 11.0. The number of nitrogens with two attached hydrogens (primary N) is 1. The standard InChI is InChI=1S/C30H34N3O2/c1-2-27(22-8-4-3-5-9-22)30(23-11-14-26(15-12-23)34-19-17-31)24-13-16-28-25(20-24)21-32-33(28)29-10-6-7-18-35-29/h3-5,8-9,11-16,20,29H,2,6-7,10,17-19,21,31H2,1H3/q+1/b30-27+. The average Bonchev–Trinajstić information content (AvgIpc) is 3.35. The lowest BCUT2D eigenvalue weighted by molar-refractivity contribution is -0.602. The first-order valence-electron chi connectivity index (χ1n) is 12.7. The summed E-state index contributed by atoms with van der Waals surface area (Å²) in [4.78, 5) is 0. The maximum atomic E-state index is 6.02. The molecule has 2 heterocycles. The number of azo groups is 2. The molecule has 5 rings (SSSR count). The Balaban J connectivity index is 1.56. The van der Waals surface area contributed by atoms with E-state index in [4.69, 9.17) is 20.3 Å². The van der Waals surface area contributed by atoms with Crippen molar-refractivity contribution in [3.63, 3.8) is 0 Å². The Hall–Kier alpha value is -3.28. The smallest absolute Gasteiger partial charge is 0.288 e. The first kappa shape index (κ1) is 23.5. The lowest BCUT2D eigenvalue weighted by atomic mass is 9.87. The summed E-state index contributed by atoms with van der Waals surface area (Å²) in [5.74, 6) is 0.840. The molecule has 2 aliphatic rings. The predicted molar refractivity (Wildman–Crippen MR) is 140 cm³/mol. The highest BCUT2D eigenvalue weighted by Gasteiger charge is 2.34. The van der Waals surface area contributed by atoms with Gasteiger partial charge in [0.1, 0.15) is 18.9 Å². The summed E-state index contributed by atoms with van der Waals surface area (Å²) in [5.41, 5.74) is 14.2. The minimum Gasteiger partial charge on any atom is -0.492 e. The van der Waals surface area contributed by atoms with Crippen LogP contribution in [-0.2, 0) is 11.3 Å². The summed E-state index contributed by atoms with van der Waals surface area (Å²) < 4.78 is 13.8. The SMILES string of the molecule is CC/C(=C(/c1ccc(OCCN)cc1)c1ccc2c(c1)CN=[N+]2C1CCCCO1)c1ccccc1. The van der Waals surface area contributed by atoms with Crippen molar-refractivity contribution in [2.24, 2.45) is 10.8 Å². The molecule has 1 fully saturated rings. The number of benzene rings is 3. The second-order valence-electron chi connectivity index (χ2n) is 9.04. The van der Waals surface area contributed by atoms with Gasteiger partial charge < -0.3 is 15.2 Å². The fourth-order valence-electron chi connectivity index (χ4n) is 5.06. The van der Waals surface area contributed by atoms with Crippen LogP contribution in [-0.4, -0.2) is 30.7 Å². The van der Waals surface area contributed by atoms with Crippen LogP contribution >= 0.6 is 0 Å². The maximum absolute atomic E-state index is 6.02. The van der Waals surface area contributed by atoms with Crippen LogP contribution < -0.4 is 10.5 Å². The fourth-order valence-corrected chi connectivity index (χ4v) is 5.06. The minimum absolute atomic E-state index is 0.0578. The van der Waals surface area contributed by atoms with E-state index in [2.05, 4.69) is 72.3 Å². The summed E-state index contributed by atoms with van der Waals surface area (Å²) in [6.45, 7) is 4.76. The topological polar surface area (TPSA) is 59.8 Å². The molecular weight excluding hydrogens is 434 g/mol. The van der Waals surface area contributed by atoms with E-state index in [9.17, 15) is 0 Å². The van der Waals surface area contributed by atoms with Crippen molar-refractivity contribution in [2.75, 3.05) is 19.8 Å². The van der Waals surface area contributed by atoms with Crippen LogP contribution in [0.2, 0.25) is 0 Å². The highest BCUT2D eigenvalue weighted by atomic mass is 16.5. The Morgan fingerprint density at radius 2 is 1.80 bits per heavy atom. The van der Waals surface area contributed by atoms with E-state index in [1.54, 1.807) is 0 Å². The van der Waals surface area contributed by atoms with Gasteiger partial charge in [0.15, 0.2) is 0 Å². The van der Waals surface area contributed by atoms with Gasteiger partial charge in [0.05, 0.1) is 12.2 Å². The van der Waals surface area contributed by atoms with Crippen LogP contribution in [0.25, 0.3) is 11.1 Å². The molecule has 2 aliphatic heterocycles. The molecule has 180 valence electrons.